The van der Waals surface area contributed by atoms with E-state index in [1.165, 1.54) is 17.8 Å². The van der Waals surface area contributed by atoms with Gasteiger partial charge in [-0.25, -0.2) is 4.39 Å². The summed E-state index contributed by atoms with van der Waals surface area (Å²) in [5.41, 5.74) is 7.10. The van der Waals surface area contributed by atoms with Crippen LogP contribution in [0.15, 0.2) is 41.3 Å². The molecule has 0 bridgehead atoms. The minimum atomic E-state index is -0.172. The lowest BCUT2D eigenvalue weighted by atomic mass is 10.1. The Morgan fingerprint density at radius 3 is 2.81 bits per heavy atom. The average molecular weight is 239 g/mol. The highest BCUT2D eigenvalue weighted by Gasteiger charge is 2.07. The average Bonchev–Trinajstić information content (AvgIpc) is 2.28. The van der Waals surface area contributed by atoms with Crippen LogP contribution in [0.25, 0.3) is 0 Å². The van der Waals surface area contributed by atoms with Crippen LogP contribution in [0, 0.1) is 5.82 Å². The molecule has 0 amide bonds. The molecule has 88 valence electrons. The first-order chi connectivity index (χ1) is 7.63. The summed E-state index contributed by atoms with van der Waals surface area (Å²) in [6.45, 7) is 5.99. The number of hydrogen-bond donors (Lipinski definition) is 1. The van der Waals surface area contributed by atoms with Crippen molar-refractivity contribution in [2.45, 2.75) is 30.7 Å². The SMILES string of the molecule is C=C(CC)CC(N)CSc1ccccc1F. The lowest BCUT2D eigenvalue weighted by molar-refractivity contribution is 0.601. The molecule has 0 spiro atoms. The fourth-order valence-corrected chi connectivity index (χ4v) is 2.22. The number of thioether (sulfide) groups is 1. The van der Waals surface area contributed by atoms with Gasteiger partial charge in [-0.3, -0.25) is 0 Å². The Morgan fingerprint density at radius 2 is 2.19 bits per heavy atom. The lowest BCUT2D eigenvalue weighted by Crippen LogP contribution is -2.23. The van der Waals surface area contributed by atoms with E-state index in [0.717, 1.165) is 24.2 Å². The Hall–Kier alpha value is -0.800. The monoisotopic (exact) mass is 239 g/mol. The van der Waals surface area contributed by atoms with Crippen molar-refractivity contribution < 1.29 is 4.39 Å². The maximum atomic E-state index is 13.3. The smallest absolute Gasteiger partial charge is 0.136 e. The van der Waals surface area contributed by atoms with Gasteiger partial charge in [-0.2, -0.15) is 0 Å². The molecule has 0 aliphatic rings. The number of nitrogens with two attached hydrogens (primary N) is 1. The van der Waals surface area contributed by atoms with Crippen LogP contribution in [0.5, 0.6) is 0 Å². The van der Waals surface area contributed by atoms with Gasteiger partial charge < -0.3 is 5.73 Å². The highest BCUT2D eigenvalue weighted by Crippen LogP contribution is 2.22. The zero-order valence-corrected chi connectivity index (χ0v) is 10.4. The van der Waals surface area contributed by atoms with Crippen molar-refractivity contribution in [2.24, 2.45) is 5.73 Å². The third kappa shape index (κ3) is 4.37. The van der Waals surface area contributed by atoms with E-state index in [1.807, 2.05) is 6.07 Å². The molecule has 1 atom stereocenters. The molecule has 0 aliphatic heterocycles. The number of rotatable bonds is 6. The van der Waals surface area contributed by atoms with Gasteiger partial charge in [0.1, 0.15) is 5.82 Å². The van der Waals surface area contributed by atoms with Crippen molar-refractivity contribution >= 4 is 11.8 Å². The second kappa shape index (κ2) is 6.71. The summed E-state index contributed by atoms with van der Waals surface area (Å²) in [6, 6.07) is 6.83. The summed E-state index contributed by atoms with van der Waals surface area (Å²) >= 11 is 1.47. The van der Waals surface area contributed by atoms with Crippen LogP contribution in [0.3, 0.4) is 0 Å². The molecule has 3 heteroatoms. The molecule has 1 rings (SSSR count). The van der Waals surface area contributed by atoms with Crippen molar-refractivity contribution in [3.05, 3.63) is 42.2 Å². The Bertz CT molecular complexity index is 352. The molecule has 0 fully saturated rings. The lowest BCUT2D eigenvalue weighted by Gasteiger charge is -2.12. The summed E-state index contributed by atoms with van der Waals surface area (Å²) in [5, 5.41) is 0. The quantitative estimate of drug-likeness (QED) is 0.606. The molecule has 1 nitrogen and oxygen atoms in total. The Labute approximate surface area is 101 Å². The van der Waals surface area contributed by atoms with Crippen LogP contribution in [-0.2, 0) is 0 Å². The van der Waals surface area contributed by atoms with E-state index < -0.39 is 0 Å². The van der Waals surface area contributed by atoms with Crippen LogP contribution in [0.2, 0.25) is 0 Å². The highest BCUT2D eigenvalue weighted by molar-refractivity contribution is 7.99. The van der Waals surface area contributed by atoms with Gasteiger partial charge in [-0.15, -0.1) is 11.8 Å². The maximum Gasteiger partial charge on any atom is 0.136 e. The summed E-state index contributed by atoms with van der Waals surface area (Å²) in [7, 11) is 0. The molecular formula is C13H18FNS. The summed E-state index contributed by atoms with van der Waals surface area (Å²) in [5.74, 6) is 0.550. The highest BCUT2D eigenvalue weighted by atomic mass is 32.2. The van der Waals surface area contributed by atoms with Gasteiger partial charge in [0.15, 0.2) is 0 Å². The molecule has 0 aliphatic carbocycles. The number of benzene rings is 1. The van der Waals surface area contributed by atoms with Gasteiger partial charge in [0.2, 0.25) is 0 Å². The van der Waals surface area contributed by atoms with Gasteiger partial charge in [0.25, 0.3) is 0 Å². The van der Waals surface area contributed by atoms with Crippen molar-refractivity contribution in [1.82, 2.24) is 0 Å². The van der Waals surface area contributed by atoms with E-state index >= 15 is 0 Å². The summed E-state index contributed by atoms with van der Waals surface area (Å²) in [4.78, 5) is 0.667. The second-order valence-electron chi connectivity index (χ2n) is 3.81. The van der Waals surface area contributed by atoms with Gasteiger partial charge in [-0.1, -0.05) is 31.2 Å². The van der Waals surface area contributed by atoms with Crippen LogP contribution >= 0.6 is 11.8 Å². The molecule has 0 aromatic heterocycles. The van der Waals surface area contributed by atoms with Crippen LogP contribution < -0.4 is 5.73 Å². The van der Waals surface area contributed by atoms with Crippen LogP contribution in [0.1, 0.15) is 19.8 Å². The van der Waals surface area contributed by atoms with E-state index in [4.69, 9.17) is 5.73 Å². The Morgan fingerprint density at radius 1 is 1.50 bits per heavy atom. The Balaban J connectivity index is 2.40. The third-order valence-corrected chi connectivity index (χ3v) is 3.58. The van der Waals surface area contributed by atoms with Gasteiger partial charge in [0, 0.05) is 16.7 Å². The first kappa shape index (κ1) is 13.3. The van der Waals surface area contributed by atoms with E-state index in [9.17, 15) is 4.39 Å². The molecule has 0 saturated heterocycles. The van der Waals surface area contributed by atoms with Crippen molar-refractivity contribution in [3.8, 4) is 0 Å². The fourth-order valence-electron chi connectivity index (χ4n) is 1.33. The van der Waals surface area contributed by atoms with E-state index in [-0.39, 0.29) is 11.9 Å². The molecule has 1 aromatic rings. The second-order valence-corrected chi connectivity index (χ2v) is 4.87. The maximum absolute atomic E-state index is 13.3. The molecule has 0 radical (unpaired) electrons. The van der Waals surface area contributed by atoms with E-state index in [0.29, 0.717) is 4.90 Å². The van der Waals surface area contributed by atoms with Gasteiger partial charge in [0.05, 0.1) is 0 Å². The predicted octanol–water partition coefficient (Wildman–Crippen LogP) is 3.60. The van der Waals surface area contributed by atoms with E-state index in [1.54, 1.807) is 12.1 Å². The van der Waals surface area contributed by atoms with Crippen LogP contribution in [-0.4, -0.2) is 11.8 Å². The minimum absolute atomic E-state index is 0.0528. The minimum Gasteiger partial charge on any atom is -0.327 e. The molecular weight excluding hydrogens is 221 g/mol. The molecule has 1 aromatic carbocycles. The number of halogens is 1. The predicted molar refractivity (Wildman–Crippen MR) is 69.1 cm³/mol. The molecule has 0 heterocycles. The molecule has 16 heavy (non-hydrogen) atoms. The van der Waals surface area contributed by atoms with Crippen molar-refractivity contribution in [1.29, 1.82) is 0 Å². The summed E-state index contributed by atoms with van der Waals surface area (Å²) < 4.78 is 13.3. The first-order valence-corrected chi connectivity index (χ1v) is 6.41. The largest absolute Gasteiger partial charge is 0.327 e. The molecule has 1 unspecified atom stereocenters. The van der Waals surface area contributed by atoms with Crippen LogP contribution in [0.4, 0.5) is 4.39 Å². The topological polar surface area (TPSA) is 26.0 Å². The fraction of sp³-hybridized carbons (Fsp3) is 0.385. The molecule has 0 saturated carbocycles. The third-order valence-electron chi connectivity index (χ3n) is 2.34. The Kier molecular flexibility index (Phi) is 5.56. The standard InChI is InChI=1S/C13H18FNS/c1-3-10(2)8-11(15)9-16-13-7-5-4-6-12(13)14/h4-7,11H,2-3,8-9,15H2,1H3. The van der Waals surface area contributed by atoms with E-state index in [2.05, 4.69) is 13.5 Å². The normalized spacial score (nSPS) is 12.4. The first-order valence-electron chi connectivity index (χ1n) is 5.43. The van der Waals surface area contributed by atoms with Crippen molar-refractivity contribution in [3.63, 3.8) is 0 Å². The zero-order chi connectivity index (χ0) is 12.0. The van der Waals surface area contributed by atoms with Crippen molar-refractivity contribution in [2.75, 3.05) is 5.75 Å². The van der Waals surface area contributed by atoms with Gasteiger partial charge >= 0.3 is 0 Å². The van der Waals surface area contributed by atoms with Gasteiger partial charge in [-0.05, 0) is 25.0 Å². The zero-order valence-electron chi connectivity index (χ0n) is 9.58. The number of hydrogen-bond acceptors (Lipinski definition) is 2. The molecule has 2 N–H and O–H groups in total. The summed E-state index contributed by atoms with van der Waals surface area (Å²) in [6.07, 6.45) is 1.77.